The van der Waals surface area contributed by atoms with Crippen molar-refractivity contribution in [1.29, 1.82) is 0 Å². The molecule has 2 rings (SSSR count). The largest absolute Gasteiger partial charge is 0.501 e. The highest BCUT2D eigenvalue weighted by atomic mass is 19.3. The van der Waals surface area contributed by atoms with E-state index in [0.717, 1.165) is 6.42 Å². The van der Waals surface area contributed by atoms with Crippen molar-refractivity contribution in [2.75, 3.05) is 6.61 Å². The van der Waals surface area contributed by atoms with Crippen molar-refractivity contribution in [3.05, 3.63) is 11.8 Å². The van der Waals surface area contributed by atoms with Crippen molar-refractivity contribution >= 4 is 0 Å². The minimum atomic E-state index is -2.71. The van der Waals surface area contributed by atoms with E-state index in [1.165, 1.54) is 6.26 Å². The fraction of sp³-hybridized carbons (Fsp3) is 0.750. The number of rotatable bonds is 1. The SMILES string of the molecule is NC1(C2=COCCC2)CC1(F)F. The molecule has 1 unspecified atom stereocenters. The highest BCUT2D eigenvalue weighted by Gasteiger charge is 2.70. The minimum absolute atomic E-state index is 0.227. The molecule has 1 saturated carbocycles. The van der Waals surface area contributed by atoms with E-state index in [1.54, 1.807) is 0 Å². The molecule has 0 aromatic carbocycles. The summed E-state index contributed by atoms with van der Waals surface area (Å²) in [7, 11) is 0. The average molecular weight is 175 g/mol. The summed E-state index contributed by atoms with van der Waals surface area (Å²) in [6.45, 7) is 0.616. The first-order valence-electron chi connectivity index (χ1n) is 4.04. The molecule has 0 aromatic rings. The third kappa shape index (κ3) is 0.941. The highest BCUT2D eigenvalue weighted by molar-refractivity contribution is 5.35. The first-order chi connectivity index (χ1) is 5.56. The zero-order chi connectivity index (χ0) is 8.82. The highest BCUT2D eigenvalue weighted by Crippen LogP contribution is 2.56. The maximum absolute atomic E-state index is 12.7. The van der Waals surface area contributed by atoms with E-state index in [-0.39, 0.29) is 6.42 Å². The lowest BCUT2D eigenvalue weighted by molar-refractivity contribution is 0.0933. The van der Waals surface area contributed by atoms with Crippen LogP contribution in [-0.4, -0.2) is 18.1 Å². The molecule has 0 spiro atoms. The number of alkyl halides is 2. The van der Waals surface area contributed by atoms with Gasteiger partial charge < -0.3 is 10.5 Å². The molecule has 0 bridgehead atoms. The van der Waals surface area contributed by atoms with Crippen LogP contribution in [0.5, 0.6) is 0 Å². The molecule has 0 saturated heterocycles. The summed E-state index contributed by atoms with van der Waals surface area (Å²) >= 11 is 0. The zero-order valence-electron chi connectivity index (χ0n) is 6.65. The van der Waals surface area contributed by atoms with Crippen LogP contribution in [0.25, 0.3) is 0 Å². The fourth-order valence-electron chi connectivity index (χ4n) is 1.55. The van der Waals surface area contributed by atoms with Crippen molar-refractivity contribution in [3.63, 3.8) is 0 Å². The van der Waals surface area contributed by atoms with E-state index in [0.29, 0.717) is 18.6 Å². The van der Waals surface area contributed by atoms with Crippen LogP contribution in [0.4, 0.5) is 8.78 Å². The third-order valence-corrected chi connectivity index (χ3v) is 2.54. The summed E-state index contributed by atoms with van der Waals surface area (Å²) in [6.07, 6.45) is 2.62. The Kier molecular flexibility index (Phi) is 1.46. The molecule has 12 heavy (non-hydrogen) atoms. The van der Waals surface area contributed by atoms with Crippen LogP contribution in [0.15, 0.2) is 11.8 Å². The molecule has 0 radical (unpaired) electrons. The van der Waals surface area contributed by atoms with Crippen molar-refractivity contribution in [2.24, 2.45) is 5.73 Å². The van der Waals surface area contributed by atoms with E-state index in [1.807, 2.05) is 0 Å². The van der Waals surface area contributed by atoms with Crippen LogP contribution in [-0.2, 0) is 4.74 Å². The smallest absolute Gasteiger partial charge is 0.272 e. The van der Waals surface area contributed by atoms with Crippen molar-refractivity contribution in [1.82, 2.24) is 0 Å². The van der Waals surface area contributed by atoms with Gasteiger partial charge in [0.1, 0.15) is 5.54 Å². The van der Waals surface area contributed by atoms with E-state index in [2.05, 4.69) is 0 Å². The second-order valence-electron chi connectivity index (χ2n) is 3.47. The van der Waals surface area contributed by atoms with Gasteiger partial charge in [0.25, 0.3) is 5.92 Å². The lowest BCUT2D eigenvalue weighted by atomic mass is 10.0. The second kappa shape index (κ2) is 2.19. The molecule has 1 heterocycles. The van der Waals surface area contributed by atoms with Crippen molar-refractivity contribution < 1.29 is 13.5 Å². The lowest BCUT2D eigenvalue weighted by Crippen LogP contribution is -2.33. The summed E-state index contributed by atoms with van der Waals surface area (Å²) in [5, 5.41) is 0. The lowest BCUT2D eigenvalue weighted by Gasteiger charge is -2.19. The first kappa shape index (κ1) is 7.98. The van der Waals surface area contributed by atoms with E-state index < -0.39 is 11.5 Å². The minimum Gasteiger partial charge on any atom is -0.501 e. The molecule has 2 aliphatic rings. The number of halogens is 2. The van der Waals surface area contributed by atoms with Gasteiger partial charge in [-0.05, 0) is 18.4 Å². The maximum atomic E-state index is 12.7. The monoisotopic (exact) mass is 175 g/mol. The van der Waals surface area contributed by atoms with Crippen molar-refractivity contribution in [3.8, 4) is 0 Å². The van der Waals surface area contributed by atoms with Gasteiger partial charge in [-0.2, -0.15) is 0 Å². The molecule has 1 aliphatic carbocycles. The zero-order valence-corrected chi connectivity index (χ0v) is 6.65. The quantitative estimate of drug-likeness (QED) is 0.654. The number of nitrogens with two attached hydrogens (primary N) is 1. The normalized spacial score (nSPS) is 38.4. The van der Waals surface area contributed by atoms with Gasteiger partial charge in [0.05, 0.1) is 12.9 Å². The predicted molar refractivity (Wildman–Crippen MR) is 39.8 cm³/mol. The second-order valence-corrected chi connectivity index (χ2v) is 3.47. The summed E-state index contributed by atoms with van der Waals surface area (Å²) in [6, 6.07) is 0. The molecule has 1 atom stereocenters. The van der Waals surface area contributed by atoms with Crippen LogP contribution < -0.4 is 5.73 Å². The molecule has 0 aromatic heterocycles. The van der Waals surface area contributed by atoms with Gasteiger partial charge in [0.2, 0.25) is 0 Å². The number of ether oxygens (including phenoxy) is 1. The Morgan fingerprint density at radius 1 is 1.50 bits per heavy atom. The van der Waals surface area contributed by atoms with Gasteiger partial charge in [-0.3, -0.25) is 0 Å². The van der Waals surface area contributed by atoms with E-state index >= 15 is 0 Å². The molecular formula is C8H11F2NO. The van der Waals surface area contributed by atoms with Crippen LogP contribution in [0, 0.1) is 0 Å². The predicted octanol–water partition coefficient (Wildman–Crippen LogP) is 1.42. The van der Waals surface area contributed by atoms with Gasteiger partial charge in [-0.25, -0.2) is 8.78 Å². The third-order valence-electron chi connectivity index (χ3n) is 2.54. The summed E-state index contributed by atoms with van der Waals surface area (Å²) in [5.41, 5.74) is 4.69. The Morgan fingerprint density at radius 3 is 2.58 bits per heavy atom. The van der Waals surface area contributed by atoms with Gasteiger partial charge in [0, 0.05) is 6.42 Å². The Hall–Kier alpha value is -0.640. The molecule has 2 nitrogen and oxygen atoms in total. The van der Waals surface area contributed by atoms with Gasteiger partial charge in [-0.15, -0.1) is 0 Å². The Bertz CT molecular complexity index is 239. The topological polar surface area (TPSA) is 35.2 Å². The fourth-order valence-corrected chi connectivity index (χ4v) is 1.55. The Balaban J connectivity index is 2.15. The molecule has 1 aliphatic heterocycles. The number of hydrogen-bond acceptors (Lipinski definition) is 2. The number of hydrogen-bond donors (Lipinski definition) is 1. The van der Waals surface area contributed by atoms with E-state index in [9.17, 15) is 8.78 Å². The van der Waals surface area contributed by atoms with Gasteiger partial charge in [0.15, 0.2) is 0 Å². The molecule has 0 amide bonds. The van der Waals surface area contributed by atoms with Crippen molar-refractivity contribution in [2.45, 2.75) is 30.7 Å². The molecule has 4 heteroatoms. The molecular weight excluding hydrogens is 164 g/mol. The molecule has 1 fully saturated rings. The Labute approximate surface area is 69.4 Å². The van der Waals surface area contributed by atoms with E-state index in [4.69, 9.17) is 10.5 Å². The molecule has 68 valence electrons. The summed E-state index contributed by atoms with van der Waals surface area (Å²) < 4.78 is 30.5. The Morgan fingerprint density at radius 2 is 2.17 bits per heavy atom. The van der Waals surface area contributed by atoms with Gasteiger partial charge >= 0.3 is 0 Å². The van der Waals surface area contributed by atoms with Gasteiger partial charge in [-0.1, -0.05) is 0 Å². The standard InChI is InChI=1S/C8H11F2NO/c9-8(10)5-7(8,11)6-2-1-3-12-4-6/h4H,1-3,5,11H2. The first-order valence-corrected chi connectivity index (χ1v) is 4.04. The maximum Gasteiger partial charge on any atom is 0.272 e. The molecule has 2 N–H and O–H groups in total. The van der Waals surface area contributed by atoms with Crippen LogP contribution in [0.1, 0.15) is 19.3 Å². The van der Waals surface area contributed by atoms with Crippen LogP contribution >= 0.6 is 0 Å². The van der Waals surface area contributed by atoms with Crippen LogP contribution in [0.3, 0.4) is 0 Å². The summed E-state index contributed by atoms with van der Waals surface area (Å²) in [4.78, 5) is 0. The summed E-state index contributed by atoms with van der Waals surface area (Å²) in [5.74, 6) is -2.71. The van der Waals surface area contributed by atoms with Crippen LogP contribution in [0.2, 0.25) is 0 Å². The average Bonchev–Trinajstić information content (AvgIpc) is 2.55.